The van der Waals surface area contributed by atoms with E-state index in [-0.39, 0.29) is 6.10 Å². The Labute approximate surface area is 119 Å². The molecule has 0 saturated carbocycles. The quantitative estimate of drug-likeness (QED) is 0.792. The standard InChI is InChI=1S/C15H21NO4/c1-4-5-18-14-8-16(2)7-11-10(14)6-13-12(9-19-20-13)15(11)17-3/h6,14H,4-5,7-9H2,1-3H3. The van der Waals surface area contributed by atoms with E-state index in [1.807, 2.05) is 6.07 Å². The molecule has 0 radical (unpaired) electrons. The molecule has 3 rings (SSSR count). The molecular formula is C15H21NO4. The fourth-order valence-electron chi connectivity index (χ4n) is 2.92. The van der Waals surface area contributed by atoms with Gasteiger partial charge in [0.2, 0.25) is 0 Å². The fourth-order valence-corrected chi connectivity index (χ4v) is 2.92. The zero-order valence-electron chi connectivity index (χ0n) is 12.3. The van der Waals surface area contributed by atoms with Crippen molar-refractivity contribution >= 4 is 0 Å². The Morgan fingerprint density at radius 3 is 3.00 bits per heavy atom. The predicted octanol–water partition coefficient (Wildman–Crippen LogP) is 2.43. The summed E-state index contributed by atoms with van der Waals surface area (Å²) in [6.07, 6.45) is 1.07. The van der Waals surface area contributed by atoms with E-state index in [1.54, 1.807) is 7.11 Å². The molecule has 5 heteroatoms. The molecule has 0 saturated heterocycles. The molecule has 2 aliphatic heterocycles. The zero-order valence-corrected chi connectivity index (χ0v) is 12.3. The second-order valence-electron chi connectivity index (χ2n) is 5.36. The topological polar surface area (TPSA) is 40.2 Å². The third kappa shape index (κ3) is 2.26. The first-order valence-electron chi connectivity index (χ1n) is 7.06. The van der Waals surface area contributed by atoms with E-state index in [4.69, 9.17) is 19.2 Å². The van der Waals surface area contributed by atoms with Crippen LogP contribution in [0.1, 0.15) is 36.1 Å². The summed E-state index contributed by atoms with van der Waals surface area (Å²) < 4.78 is 11.6. The lowest BCUT2D eigenvalue weighted by Gasteiger charge is -2.33. The van der Waals surface area contributed by atoms with Crippen LogP contribution in [-0.4, -0.2) is 32.2 Å². The molecule has 0 aromatic heterocycles. The van der Waals surface area contributed by atoms with E-state index in [0.29, 0.717) is 6.61 Å². The minimum absolute atomic E-state index is 0.0621. The molecule has 5 nitrogen and oxygen atoms in total. The van der Waals surface area contributed by atoms with Crippen LogP contribution >= 0.6 is 0 Å². The van der Waals surface area contributed by atoms with Gasteiger partial charge in [-0.3, -0.25) is 4.90 Å². The Balaban J connectivity index is 2.04. The Hall–Kier alpha value is -1.30. The Morgan fingerprint density at radius 1 is 1.40 bits per heavy atom. The van der Waals surface area contributed by atoms with Crippen molar-refractivity contribution in [2.75, 3.05) is 27.3 Å². The summed E-state index contributed by atoms with van der Waals surface area (Å²) >= 11 is 0. The van der Waals surface area contributed by atoms with Crippen molar-refractivity contribution in [1.82, 2.24) is 4.90 Å². The maximum Gasteiger partial charge on any atom is 0.175 e. The lowest BCUT2D eigenvalue weighted by Crippen LogP contribution is -2.32. The minimum atomic E-state index is 0.0621. The molecule has 2 heterocycles. The number of methoxy groups -OCH3 is 1. The number of hydrogen-bond donors (Lipinski definition) is 0. The molecule has 1 unspecified atom stereocenters. The van der Waals surface area contributed by atoms with Gasteiger partial charge in [0.05, 0.1) is 18.8 Å². The van der Waals surface area contributed by atoms with Crippen molar-refractivity contribution in [3.63, 3.8) is 0 Å². The zero-order chi connectivity index (χ0) is 14.1. The smallest absolute Gasteiger partial charge is 0.175 e. The van der Waals surface area contributed by atoms with Gasteiger partial charge in [-0.25, -0.2) is 0 Å². The van der Waals surface area contributed by atoms with Crippen LogP contribution in [0.15, 0.2) is 6.07 Å². The number of fused-ring (bicyclic) bond motifs is 2. The van der Waals surface area contributed by atoms with Crippen molar-refractivity contribution < 1.29 is 19.2 Å². The van der Waals surface area contributed by atoms with Crippen LogP contribution in [-0.2, 0) is 22.8 Å². The third-order valence-electron chi connectivity index (χ3n) is 3.81. The number of benzene rings is 1. The monoisotopic (exact) mass is 279 g/mol. The number of nitrogens with zero attached hydrogens (tertiary/aromatic N) is 1. The molecule has 2 aliphatic rings. The molecule has 0 amide bonds. The van der Waals surface area contributed by atoms with E-state index in [9.17, 15) is 0 Å². The van der Waals surface area contributed by atoms with Crippen molar-refractivity contribution in [1.29, 1.82) is 0 Å². The first-order valence-corrected chi connectivity index (χ1v) is 7.06. The molecular weight excluding hydrogens is 258 g/mol. The number of rotatable bonds is 4. The molecule has 0 spiro atoms. The van der Waals surface area contributed by atoms with Gasteiger partial charge in [0.15, 0.2) is 5.75 Å². The highest BCUT2D eigenvalue weighted by Gasteiger charge is 2.32. The average molecular weight is 279 g/mol. The van der Waals surface area contributed by atoms with E-state index in [2.05, 4.69) is 18.9 Å². The second-order valence-corrected chi connectivity index (χ2v) is 5.36. The Morgan fingerprint density at radius 2 is 2.25 bits per heavy atom. The van der Waals surface area contributed by atoms with Crippen LogP contribution in [0.25, 0.3) is 0 Å². The third-order valence-corrected chi connectivity index (χ3v) is 3.81. The molecule has 0 fully saturated rings. The van der Waals surface area contributed by atoms with E-state index >= 15 is 0 Å². The van der Waals surface area contributed by atoms with E-state index in [1.165, 1.54) is 5.56 Å². The van der Waals surface area contributed by atoms with Crippen LogP contribution in [0.2, 0.25) is 0 Å². The summed E-state index contributed by atoms with van der Waals surface area (Å²) in [7, 11) is 3.80. The largest absolute Gasteiger partial charge is 0.496 e. The van der Waals surface area contributed by atoms with Gasteiger partial charge in [-0.15, -0.1) is 0 Å². The Bertz CT molecular complexity index is 503. The highest BCUT2D eigenvalue weighted by molar-refractivity contribution is 5.56. The van der Waals surface area contributed by atoms with Gasteiger partial charge < -0.3 is 14.4 Å². The van der Waals surface area contributed by atoms with Crippen molar-refractivity contribution in [2.24, 2.45) is 0 Å². The molecule has 1 aromatic carbocycles. The second kappa shape index (κ2) is 5.60. The normalized spacial score (nSPS) is 21.2. The van der Waals surface area contributed by atoms with Crippen LogP contribution in [0.3, 0.4) is 0 Å². The van der Waals surface area contributed by atoms with E-state index in [0.717, 1.165) is 48.7 Å². The van der Waals surface area contributed by atoms with Crippen LogP contribution in [0.5, 0.6) is 11.5 Å². The van der Waals surface area contributed by atoms with Gasteiger partial charge in [-0.2, -0.15) is 4.89 Å². The molecule has 1 aromatic rings. The predicted molar refractivity (Wildman–Crippen MR) is 73.7 cm³/mol. The highest BCUT2D eigenvalue weighted by atomic mass is 17.2. The molecule has 1 atom stereocenters. The van der Waals surface area contributed by atoms with Crippen molar-refractivity contribution in [3.8, 4) is 11.5 Å². The summed E-state index contributed by atoms with van der Waals surface area (Å²) in [6, 6.07) is 2.05. The SMILES string of the molecule is CCCOC1CN(C)Cc2c1cc1c(c2OC)COO1. The van der Waals surface area contributed by atoms with Crippen LogP contribution in [0.4, 0.5) is 0 Å². The van der Waals surface area contributed by atoms with Gasteiger partial charge in [0, 0.05) is 25.3 Å². The molecule has 20 heavy (non-hydrogen) atoms. The molecule has 0 aliphatic carbocycles. The van der Waals surface area contributed by atoms with Gasteiger partial charge in [0.25, 0.3) is 0 Å². The van der Waals surface area contributed by atoms with Crippen molar-refractivity contribution in [3.05, 3.63) is 22.8 Å². The number of ether oxygens (including phenoxy) is 2. The first-order chi connectivity index (χ1) is 9.74. The van der Waals surface area contributed by atoms with Crippen LogP contribution < -0.4 is 9.62 Å². The summed E-state index contributed by atoms with van der Waals surface area (Å²) in [5.74, 6) is 1.64. The summed E-state index contributed by atoms with van der Waals surface area (Å²) in [5, 5.41) is 0. The van der Waals surface area contributed by atoms with Crippen LogP contribution in [0, 0.1) is 0 Å². The summed E-state index contributed by atoms with van der Waals surface area (Å²) in [4.78, 5) is 12.6. The molecule has 0 bridgehead atoms. The van der Waals surface area contributed by atoms with E-state index < -0.39 is 0 Å². The minimum Gasteiger partial charge on any atom is -0.496 e. The van der Waals surface area contributed by atoms with Gasteiger partial charge in [0.1, 0.15) is 12.4 Å². The summed E-state index contributed by atoms with van der Waals surface area (Å²) in [5.41, 5.74) is 3.35. The average Bonchev–Trinajstić information content (AvgIpc) is 2.90. The van der Waals surface area contributed by atoms with Gasteiger partial charge >= 0.3 is 0 Å². The lowest BCUT2D eigenvalue weighted by molar-refractivity contribution is -0.194. The summed E-state index contributed by atoms with van der Waals surface area (Å²) in [6.45, 7) is 5.06. The molecule has 0 N–H and O–H groups in total. The van der Waals surface area contributed by atoms with Gasteiger partial charge in [-0.05, 0) is 25.1 Å². The Kier molecular flexibility index (Phi) is 3.83. The maximum absolute atomic E-state index is 5.99. The lowest BCUT2D eigenvalue weighted by atomic mass is 9.93. The number of likely N-dealkylation sites (N-methyl/N-ethyl adjacent to an activating group) is 1. The van der Waals surface area contributed by atoms with Gasteiger partial charge in [-0.1, -0.05) is 6.92 Å². The highest BCUT2D eigenvalue weighted by Crippen LogP contribution is 2.44. The fraction of sp³-hybridized carbons (Fsp3) is 0.600. The van der Waals surface area contributed by atoms with Crippen molar-refractivity contribution in [2.45, 2.75) is 32.6 Å². The maximum atomic E-state index is 5.99. The molecule has 110 valence electrons. The number of hydrogen-bond acceptors (Lipinski definition) is 5. The first kappa shape index (κ1) is 13.7.